The molecule has 0 aromatic rings. The molecule has 2 N–H and O–H groups in total. The standard InChI is InChI=1S/C14H29N3O2/c1-11(2)19-7-5-6-17-12(3)8-16(9-13(17)4)10-14(15)18/h11-13H,5-10H2,1-4H3,(H2,15,18). The van der Waals surface area contributed by atoms with Crippen LogP contribution in [0.1, 0.15) is 34.1 Å². The SMILES string of the molecule is CC(C)OCCCN1C(C)CN(CC(N)=O)CC1C. The van der Waals surface area contributed by atoms with E-state index in [2.05, 4.69) is 37.5 Å². The van der Waals surface area contributed by atoms with Crippen molar-refractivity contribution in [2.24, 2.45) is 5.73 Å². The zero-order valence-electron chi connectivity index (χ0n) is 12.8. The Kier molecular flexibility index (Phi) is 6.75. The third-order valence-electron chi connectivity index (χ3n) is 3.57. The van der Waals surface area contributed by atoms with Crippen LogP contribution in [0.2, 0.25) is 0 Å². The average molecular weight is 271 g/mol. The molecule has 1 fully saturated rings. The van der Waals surface area contributed by atoms with Gasteiger partial charge >= 0.3 is 0 Å². The summed E-state index contributed by atoms with van der Waals surface area (Å²) < 4.78 is 5.58. The first-order chi connectivity index (χ1) is 8.90. The lowest BCUT2D eigenvalue weighted by Crippen LogP contribution is -2.58. The second-order valence-electron chi connectivity index (χ2n) is 5.87. The van der Waals surface area contributed by atoms with Gasteiger partial charge in [0.15, 0.2) is 0 Å². The van der Waals surface area contributed by atoms with Crippen LogP contribution in [0.3, 0.4) is 0 Å². The molecule has 0 aromatic heterocycles. The van der Waals surface area contributed by atoms with E-state index in [-0.39, 0.29) is 5.91 Å². The fraction of sp³-hybridized carbons (Fsp3) is 0.929. The van der Waals surface area contributed by atoms with Gasteiger partial charge in [-0.3, -0.25) is 14.6 Å². The van der Waals surface area contributed by atoms with Gasteiger partial charge in [-0.05, 0) is 34.1 Å². The van der Waals surface area contributed by atoms with Crippen molar-refractivity contribution in [1.82, 2.24) is 9.80 Å². The first-order valence-corrected chi connectivity index (χ1v) is 7.28. The van der Waals surface area contributed by atoms with Gasteiger partial charge in [-0.15, -0.1) is 0 Å². The summed E-state index contributed by atoms with van der Waals surface area (Å²) in [5, 5.41) is 0. The Bertz CT molecular complexity index is 272. The van der Waals surface area contributed by atoms with Crippen molar-refractivity contribution in [3.05, 3.63) is 0 Å². The summed E-state index contributed by atoms with van der Waals surface area (Å²) in [4.78, 5) is 15.6. The largest absolute Gasteiger partial charge is 0.379 e. The molecule has 1 rings (SSSR count). The highest BCUT2D eigenvalue weighted by Crippen LogP contribution is 2.15. The molecule has 1 aliphatic heterocycles. The van der Waals surface area contributed by atoms with Gasteiger partial charge in [-0.2, -0.15) is 0 Å². The fourth-order valence-electron chi connectivity index (χ4n) is 2.82. The second kappa shape index (κ2) is 7.82. The molecule has 0 radical (unpaired) electrons. The molecule has 2 unspecified atom stereocenters. The van der Waals surface area contributed by atoms with Gasteiger partial charge in [0.05, 0.1) is 12.6 Å². The average Bonchev–Trinajstić information content (AvgIpc) is 2.25. The van der Waals surface area contributed by atoms with Crippen molar-refractivity contribution in [2.45, 2.75) is 52.3 Å². The highest BCUT2D eigenvalue weighted by molar-refractivity contribution is 5.75. The van der Waals surface area contributed by atoms with Crippen molar-refractivity contribution in [1.29, 1.82) is 0 Å². The molecular formula is C14H29N3O2. The van der Waals surface area contributed by atoms with E-state index in [0.29, 0.717) is 24.7 Å². The summed E-state index contributed by atoms with van der Waals surface area (Å²) in [6.07, 6.45) is 1.37. The van der Waals surface area contributed by atoms with Gasteiger partial charge < -0.3 is 10.5 Å². The molecule has 112 valence electrons. The Morgan fingerprint density at radius 3 is 2.37 bits per heavy atom. The minimum Gasteiger partial charge on any atom is -0.379 e. The van der Waals surface area contributed by atoms with Gasteiger partial charge in [0.2, 0.25) is 5.91 Å². The van der Waals surface area contributed by atoms with Gasteiger partial charge in [0, 0.05) is 38.3 Å². The van der Waals surface area contributed by atoms with E-state index in [0.717, 1.165) is 32.7 Å². The van der Waals surface area contributed by atoms with Crippen LogP contribution in [-0.4, -0.2) is 66.7 Å². The van der Waals surface area contributed by atoms with E-state index in [4.69, 9.17) is 10.5 Å². The van der Waals surface area contributed by atoms with E-state index in [9.17, 15) is 4.79 Å². The minimum atomic E-state index is -0.238. The number of nitrogens with zero attached hydrogens (tertiary/aromatic N) is 2. The summed E-state index contributed by atoms with van der Waals surface area (Å²) in [5.74, 6) is -0.238. The van der Waals surface area contributed by atoms with Crippen molar-refractivity contribution < 1.29 is 9.53 Å². The molecule has 0 spiro atoms. The molecule has 1 saturated heterocycles. The number of hydrogen-bond acceptors (Lipinski definition) is 4. The summed E-state index contributed by atoms with van der Waals surface area (Å²) in [6, 6.07) is 0.921. The summed E-state index contributed by atoms with van der Waals surface area (Å²) >= 11 is 0. The summed E-state index contributed by atoms with van der Waals surface area (Å²) in [5.41, 5.74) is 5.26. The highest BCUT2D eigenvalue weighted by Gasteiger charge is 2.29. The van der Waals surface area contributed by atoms with Gasteiger partial charge in [-0.1, -0.05) is 0 Å². The third kappa shape index (κ3) is 5.89. The number of rotatable bonds is 7. The van der Waals surface area contributed by atoms with Crippen LogP contribution < -0.4 is 5.73 Å². The number of nitrogens with two attached hydrogens (primary N) is 1. The molecule has 0 bridgehead atoms. The smallest absolute Gasteiger partial charge is 0.231 e. The molecule has 1 heterocycles. The molecule has 1 amide bonds. The van der Waals surface area contributed by atoms with E-state index in [1.807, 2.05) is 0 Å². The molecule has 0 aromatic carbocycles. The summed E-state index contributed by atoms with van der Waals surface area (Å²) in [7, 11) is 0. The number of primary amides is 1. The van der Waals surface area contributed by atoms with E-state index < -0.39 is 0 Å². The Hall–Kier alpha value is -0.650. The zero-order chi connectivity index (χ0) is 14.4. The van der Waals surface area contributed by atoms with Crippen LogP contribution in [0.25, 0.3) is 0 Å². The quantitative estimate of drug-likeness (QED) is 0.692. The van der Waals surface area contributed by atoms with Crippen LogP contribution in [0.5, 0.6) is 0 Å². The normalized spacial score (nSPS) is 25.9. The molecular weight excluding hydrogens is 242 g/mol. The Morgan fingerprint density at radius 1 is 1.32 bits per heavy atom. The maximum atomic E-state index is 11.0. The van der Waals surface area contributed by atoms with E-state index >= 15 is 0 Å². The minimum absolute atomic E-state index is 0.238. The van der Waals surface area contributed by atoms with Crippen LogP contribution in [0, 0.1) is 0 Å². The third-order valence-corrected chi connectivity index (χ3v) is 3.57. The number of ether oxygens (including phenoxy) is 1. The van der Waals surface area contributed by atoms with Crippen molar-refractivity contribution in [3.8, 4) is 0 Å². The monoisotopic (exact) mass is 271 g/mol. The molecule has 2 atom stereocenters. The number of hydrogen-bond donors (Lipinski definition) is 1. The Balaban J connectivity index is 2.33. The second-order valence-corrected chi connectivity index (χ2v) is 5.87. The van der Waals surface area contributed by atoms with Crippen LogP contribution in [0.15, 0.2) is 0 Å². The number of amides is 1. The predicted molar refractivity (Wildman–Crippen MR) is 77.0 cm³/mol. The van der Waals surface area contributed by atoms with Crippen molar-refractivity contribution in [2.75, 3.05) is 32.8 Å². The lowest BCUT2D eigenvalue weighted by molar-refractivity contribution is -0.120. The van der Waals surface area contributed by atoms with Crippen LogP contribution in [-0.2, 0) is 9.53 Å². The maximum absolute atomic E-state index is 11.0. The molecule has 0 saturated carbocycles. The lowest BCUT2D eigenvalue weighted by Gasteiger charge is -2.44. The topological polar surface area (TPSA) is 58.8 Å². The maximum Gasteiger partial charge on any atom is 0.231 e. The number of carbonyl (C=O) groups is 1. The number of carbonyl (C=O) groups excluding carboxylic acids is 1. The van der Waals surface area contributed by atoms with Crippen molar-refractivity contribution >= 4 is 5.91 Å². The Morgan fingerprint density at radius 2 is 1.89 bits per heavy atom. The van der Waals surface area contributed by atoms with E-state index in [1.54, 1.807) is 0 Å². The zero-order valence-corrected chi connectivity index (χ0v) is 12.8. The fourth-order valence-corrected chi connectivity index (χ4v) is 2.82. The van der Waals surface area contributed by atoms with E-state index in [1.165, 1.54) is 0 Å². The number of piperazine rings is 1. The van der Waals surface area contributed by atoms with Crippen molar-refractivity contribution in [3.63, 3.8) is 0 Å². The molecule has 1 aliphatic rings. The first kappa shape index (κ1) is 16.4. The summed E-state index contributed by atoms with van der Waals surface area (Å²) in [6.45, 7) is 12.6. The molecule has 5 heteroatoms. The molecule has 5 nitrogen and oxygen atoms in total. The highest BCUT2D eigenvalue weighted by atomic mass is 16.5. The lowest BCUT2D eigenvalue weighted by atomic mass is 10.1. The first-order valence-electron chi connectivity index (χ1n) is 7.28. The van der Waals surface area contributed by atoms with Gasteiger partial charge in [-0.25, -0.2) is 0 Å². The Labute approximate surface area is 117 Å². The van der Waals surface area contributed by atoms with Gasteiger partial charge in [0.25, 0.3) is 0 Å². The molecule has 19 heavy (non-hydrogen) atoms. The molecule has 0 aliphatic carbocycles. The van der Waals surface area contributed by atoms with Crippen LogP contribution in [0.4, 0.5) is 0 Å². The van der Waals surface area contributed by atoms with Crippen LogP contribution >= 0.6 is 0 Å². The predicted octanol–water partition coefficient (Wildman–Crippen LogP) is 0.681. The van der Waals surface area contributed by atoms with Gasteiger partial charge in [0.1, 0.15) is 0 Å².